The van der Waals surface area contributed by atoms with E-state index in [2.05, 4.69) is 0 Å². The quantitative estimate of drug-likeness (QED) is 0.598. The van der Waals surface area contributed by atoms with Gasteiger partial charge in [0.05, 0.1) is 0 Å². The molecule has 2 aliphatic carbocycles. The first-order valence-corrected chi connectivity index (χ1v) is 5.03. The summed E-state index contributed by atoms with van der Waals surface area (Å²) in [4.78, 5) is 19.7. The van der Waals surface area contributed by atoms with Crippen LogP contribution in [0.1, 0.15) is 38.5 Å². The maximum Gasteiger partial charge on any atom is 2.00 e. The average molecular weight is 257 g/mol. The van der Waals surface area contributed by atoms with Crippen molar-refractivity contribution in [3.8, 4) is 0 Å². The summed E-state index contributed by atoms with van der Waals surface area (Å²) in [5, 5.41) is 19.7. The summed E-state index contributed by atoms with van der Waals surface area (Å²) in [6.07, 6.45) is 5.48. The van der Waals surface area contributed by atoms with Crippen molar-refractivity contribution in [2.24, 2.45) is 11.8 Å². The van der Waals surface area contributed by atoms with Gasteiger partial charge in [0.15, 0.2) is 0 Å². The molecule has 0 amide bonds. The molecule has 5 heteroatoms. The Hall–Kier alpha value is -0.566. The van der Waals surface area contributed by atoms with E-state index in [1.807, 2.05) is 0 Å². The topological polar surface area (TPSA) is 80.3 Å². The first kappa shape index (κ1) is 14.4. The van der Waals surface area contributed by atoms with Gasteiger partial charge in [-0.2, -0.15) is 0 Å². The molecule has 0 bridgehead atoms. The fraction of sp³-hybridized carbons (Fsp3) is 0.800. The Kier molecular flexibility index (Phi) is 6.57. The monoisotopic (exact) mass is 256 g/mol. The minimum Gasteiger partial charge on any atom is -0.550 e. The minimum atomic E-state index is -0.869. The summed E-state index contributed by atoms with van der Waals surface area (Å²) >= 11 is 0. The molecule has 0 N–H and O–H groups in total. The largest absolute Gasteiger partial charge is 2.00 e. The fourth-order valence-corrected chi connectivity index (χ4v) is 1.29. The maximum atomic E-state index is 9.87. The second kappa shape index (κ2) is 6.83. The molecule has 0 atom stereocenters. The maximum absolute atomic E-state index is 9.87. The zero-order valence-electron chi connectivity index (χ0n) is 8.35. The zero-order valence-corrected chi connectivity index (χ0v) is 9.33. The number of carbonyl (C=O) groups is 2. The molecule has 0 spiro atoms. The van der Waals surface area contributed by atoms with Crippen LogP contribution >= 0.6 is 0 Å². The van der Waals surface area contributed by atoms with Gasteiger partial charge in [0, 0.05) is 11.9 Å². The molecule has 0 heterocycles. The molecule has 2 rings (SSSR count). The summed E-state index contributed by atoms with van der Waals surface area (Å²) in [6.45, 7) is 0. The van der Waals surface area contributed by atoms with Gasteiger partial charge in [-0.15, -0.1) is 0 Å². The normalized spacial score (nSPS) is 19.7. The number of carbonyl (C=O) groups excluding carboxylic acids is 2. The Morgan fingerprint density at radius 1 is 0.800 bits per heavy atom. The van der Waals surface area contributed by atoms with Crippen LogP contribution in [0.4, 0.5) is 0 Å². The van der Waals surface area contributed by atoms with E-state index in [1.165, 1.54) is 0 Å². The van der Waals surface area contributed by atoms with Crippen molar-refractivity contribution in [1.29, 1.82) is 0 Å². The van der Waals surface area contributed by atoms with E-state index < -0.39 is 11.9 Å². The Balaban J connectivity index is 0.000000245. The van der Waals surface area contributed by atoms with Crippen LogP contribution in [0.5, 0.6) is 0 Å². The van der Waals surface area contributed by atoms with Crippen LogP contribution in [0.15, 0.2) is 0 Å². The van der Waals surface area contributed by atoms with Crippen LogP contribution in [0.2, 0.25) is 0 Å². The molecule has 0 unspecified atom stereocenters. The summed E-state index contributed by atoms with van der Waals surface area (Å²) in [5.74, 6) is -1.96. The predicted molar refractivity (Wildman–Crippen MR) is 44.7 cm³/mol. The molecular weight excluding hydrogens is 243 g/mol. The van der Waals surface area contributed by atoms with Gasteiger partial charge in [0.2, 0.25) is 0 Å². The van der Waals surface area contributed by atoms with Crippen molar-refractivity contribution < 1.29 is 36.3 Å². The van der Waals surface area contributed by atoms with Gasteiger partial charge in [-0.1, -0.05) is 12.8 Å². The van der Waals surface area contributed by atoms with E-state index in [0.717, 1.165) is 38.5 Å². The van der Waals surface area contributed by atoms with Crippen molar-refractivity contribution in [2.75, 3.05) is 0 Å². The van der Waals surface area contributed by atoms with E-state index in [1.54, 1.807) is 0 Å². The first-order valence-electron chi connectivity index (χ1n) is 5.03. The summed E-state index contributed by atoms with van der Waals surface area (Å²) < 4.78 is 0. The third-order valence-electron chi connectivity index (χ3n) is 2.88. The van der Waals surface area contributed by atoms with E-state index in [9.17, 15) is 19.8 Å². The smallest absolute Gasteiger partial charge is 0.550 e. The molecule has 0 aliphatic heterocycles. The van der Waals surface area contributed by atoms with Crippen molar-refractivity contribution >= 4 is 11.9 Å². The third kappa shape index (κ3) is 4.65. The van der Waals surface area contributed by atoms with Crippen LogP contribution in [0.25, 0.3) is 0 Å². The number of hydrogen-bond acceptors (Lipinski definition) is 4. The Labute approximate surface area is 99.0 Å². The fourth-order valence-electron chi connectivity index (χ4n) is 1.29. The second-order valence-corrected chi connectivity index (χ2v) is 3.89. The van der Waals surface area contributed by atoms with E-state index in [-0.39, 0.29) is 28.3 Å². The molecule has 15 heavy (non-hydrogen) atoms. The third-order valence-corrected chi connectivity index (χ3v) is 2.88. The molecule has 2 aliphatic rings. The van der Waals surface area contributed by atoms with E-state index >= 15 is 0 Å². The molecule has 2 fully saturated rings. The molecule has 4 nitrogen and oxygen atoms in total. The Bertz CT molecular complexity index is 197. The SMILES string of the molecule is O=C([O-])C1CCC1.O=C([O-])C1CCC1.[Ni+2]. The van der Waals surface area contributed by atoms with Crippen molar-refractivity contribution in [3.05, 3.63) is 0 Å². The van der Waals surface area contributed by atoms with Gasteiger partial charge in [0.1, 0.15) is 0 Å². The number of hydrogen-bond donors (Lipinski definition) is 0. The number of carboxylic acids is 2. The van der Waals surface area contributed by atoms with Crippen LogP contribution in [0.3, 0.4) is 0 Å². The van der Waals surface area contributed by atoms with Gasteiger partial charge in [-0.3, -0.25) is 0 Å². The molecular formula is C10H14NiO4. The average Bonchev–Trinajstić information content (AvgIpc) is 1.74. The molecule has 88 valence electrons. The van der Waals surface area contributed by atoms with Crippen LogP contribution in [0, 0.1) is 11.8 Å². The summed E-state index contributed by atoms with van der Waals surface area (Å²) in [6, 6.07) is 0. The molecule has 0 radical (unpaired) electrons. The summed E-state index contributed by atoms with van der Waals surface area (Å²) in [7, 11) is 0. The number of rotatable bonds is 2. The van der Waals surface area contributed by atoms with Gasteiger partial charge in [0.25, 0.3) is 0 Å². The van der Waals surface area contributed by atoms with Gasteiger partial charge in [-0.05, 0) is 37.5 Å². The Morgan fingerprint density at radius 2 is 1.07 bits per heavy atom. The number of carboxylic acid groups (broad SMARTS) is 2. The minimum absolute atomic E-state index is 0. The molecule has 0 aromatic rings. The number of aliphatic carboxylic acids is 2. The molecule has 0 aromatic heterocycles. The zero-order chi connectivity index (χ0) is 10.6. The van der Waals surface area contributed by atoms with Crippen LogP contribution in [-0.4, -0.2) is 11.9 Å². The van der Waals surface area contributed by atoms with Gasteiger partial charge in [-0.25, -0.2) is 0 Å². The van der Waals surface area contributed by atoms with Crippen molar-refractivity contribution in [1.82, 2.24) is 0 Å². The van der Waals surface area contributed by atoms with Crippen LogP contribution in [-0.2, 0) is 26.1 Å². The Morgan fingerprint density at radius 3 is 1.07 bits per heavy atom. The standard InChI is InChI=1S/2C5H8O2.Ni/c2*6-5(7)4-2-1-3-4;/h2*4H,1-3H2,(H,6,7);/q;;+2/p-2. The first-order chi connectivity index (χ1) is 6.61. The van der Waals surface area contributed by atoms with Crippen molar-refractivity contribution in [3.63, 3.8) is 0 Å². The molecule has 0 saturated heterocycles. The van der Waals surface area contributed by atoms with E-state index in [4.69, 9.17) is 0 Å². The van der Waals surface area contributed by atoms with Crippen molar-refractivity contribution in [2.45, 2.75) is 38.5 Å². The summed E-state index contributed by atoms with van der Waals surface area (Å²) in [5.41, 5.74) is 0. The van der Waals surface area contributed by atoms with E-state index in [0.29, 0.717) is 0 Å². The predicted octanol–water partition coefficient (Wildman–Crippen LogP) is -0.930. The van der Waals surface area contributed by atoms with Crippen LogP contribution < -0.4 is 10.2 Å². The molecule has 0 aromatic carbocycles. The molecule has 2 saturated carbocycles. The van der Waals surface area contributed by atoms with Gasteiger partial charge >= 0.3 is 16.5 Å². The van der Waals surface area contributed by atoms with Gasteiger partial charge < -0.3 is 19.8 Å². The second-order valence-electron chi connectivity index (χ2n) is 3.89.